The fourth-order valence-electron chi connectivity index (χ4n) is 1.39. The van der Waals surface area contributed by atoms with Crippen molar-refractivity contribution in [3.8, 4) is 0 Å². The second kappa shape index (κ2) is 5.97. The molecule has 0 unspecified atom stereocenters. The molecule has 5 nitrogen and oxygen atoms in total. The van der Waals surface area contributed by atoms with Crippen LogP contribution in [0.4, 0.5) is 5.69 Å². The van der Waals surface area contributed by atoms with E-state index in [-0.39, 0.29) is 10.6 Å². The van der Waals surface area contributed by atoms with Crippen molar-refractivity contribution in [3.05, 3.63) is 58.9 Å². The first kappa shape index (κ1) is 13.0. The van der Waals surface area contributed by atoms with Gasteiger partial charge in [-0.1, -0.05) is 17.7 Å². The molecule has 0 aliphatic heterocycles. The van der Waals surface area contributed by atoms with Crippen LogP contribution in [0.15, 0.2) is 47.8 Å². The highest BCUT2D eigenvalue weighted by Gasteiger charge is 2.08. The number of anilines is 1. The smallest absolute Gasteiger partial charge is 0.337 e. The molecular weight excluding hydrogens is 266 g/mol. The molecular formula is C13H10ClN3O2. The molecule has 0 saturated carbocycles. The fraction of sp³-hybridized carbons (Fsp3) is 0. The fourth-order valence-corrected chi connectivity index (χ4v) is 1.59. The highest BCUT2D eigenvalue weighted by molar-refractivity contribution is 6.33. The number of pyridine rings is 1. The van der Waals surface area contributed by atoms with Crippen LogP contribution < -0.4 is 5.43 Å². The number of hydrogen-bond acceptors (Lipinski definition) is 4. The Morgan fingerprint density at radius 1 is 1.42 bits per heavy atom. The third kappa shape index (κ3) is 3.53. The van der Waals surface area contributed by atoms with Crippen LogP contribution in [0.2, 0.25) is 5.02 Å². The van der Waals surface area contributed by atoms with Gasteiger partial charge in [-0.05, 0) is 24.3 Å². The highest BCUT2D eigenvalue weighted by atomic mass is 35.5. The van der Waals surface area contributed by atoms with Gasteiger partial charge in [0.15, 0.2) is 0 Å². The Balaban J connectivity index is 2.10. The number of rotatable bonds is 4. The molecule has 0 spiro atoms. The van der Waals surface area contributed by atoms with Crippen molar-refractivity contribution >= 4 is 29.5 Å². The van der Waals surface area contributed by atoms with E-state index in [1.165, 1.54) is 12.1 Å². The van der Waals surface area contributed by atoms with E-state index in [0.717, 1.165) is 5.56 Å². The Morgan fingerprint density at radius 2 is 2.26 bits per heavy atom. The van der Waals surface area contributed by atoms with Crippen LogP contribution in [-0.2, 0) is 0 Å². The number of aromatic nitrogens is 1. The monoisotopic (exact) mass is 275 g/mol. The van der Waals surface area contributed by atoms with Crippen LogP contribution in [0.3, 0.4) is 0 Å². The molecule has 0 bridgehead atoms. The average molecular weight is 276 g/mol. The van der Waals surface area contributed by atoms with Gasteiger partial charge in [-0.2, -0.15) is 5.10 Å². The number of halogens is 1. The summed E-state index contributed by atoms with van der Waals surface area (Å²) in [5.74, 6) is -1.08. The second-order valence-corrected chi connectivity index (χ2v) is 4.06. The van der Waals surface area contributed by atoms with Crippen LogP contribution >= 0.6 is 11.6 Å². The summed E-state index contributed by atoms with van der Waals surface area (Å²) in [5.41, 5.74) is 4.15. The summed E-state index contributed by atoms with van der Waals surface area (Å²) in [6, 6.07) is 8.22. The van der Waals surface area contributed by atoms with E-state index in [9.17, 15) is 4.79 Å². The van der Waals surface area contributed by atoms with Crippen LogP contribution in [0.1, 0.15) is 15.9 Å². The Bertz CT molecular complexity index is 615. The van der Waals surface area contributed by atoms with Crippen molar-refractivity contribution in [1.29, 1.82) is 0 Å². The number of benzene rings is 1. The van der Waals surface area contributed by atoms with Crippen LogP contribution in [0.5, 0.6) is 0 Å². The first-order valence-electron chi connectivity index (χ1n) is 5.39. The van der Waals surface area contributed by atoms with Gasteiger partial charge in [0, 0.05) is 18.0 Å². The molecule has 0 atom stereocenters. The third-order valence-corrected chi connectivity index (χ3v) is 2.62. The summed E-state index contributed by atoms with van der Waals surface area (Å²) in [5, 5.41) is 13.1. The Morgan fingerprint density at radius 3 is 2.95 bits per heavy atom. The molecule has 0 aliphatic rings. The minimum atomic E-state index is -1.08. The molecule has 2 rings (SSSR count). The topological polar surface area (TPSA) is 74.6 Å². The van der Waals surface area contributed by atoms with Gasteiger partial charge >= 0.3 is 5.97 Å². The summed E-state index contributed by atoms with van der Waals surface area (Å²) >= 11 is 5.77. The summed E-state index contributed by atoms with van der Waals surface area (Å²) < 4.78 is 0. The molecule has 1 aromatic heterocycles. The van der Waals surface area contributed by atoms with Crippen LogP contribution in [-0.4, -0.2) is 22.3 Å². The lowest BCUT2D eigenvalue weighted by atomic mass is 10.2. The molecule has 96 valence electrons. The SMILES string of the molecule is O=C(O)c1cc(N/N=C\c2cccnc2)ccc1Cl. The van der Waals surface area contributed by atoms with E-state index in [1.807, 2.05) is 6.07 Å². The largest absolute Gasteiger partial charge is 0.478 e. The summed E-state index contributed by atoms with van der Waals surface area (Å²) in [7, 11) is 0. The zero-order valence-corrected chi connectivity index (χ0v) is 10.5. The van der Waals surface area contributed by atoms with Gasteiger partial charge in [0.1, 0.15) is 0 Å². The number of hydrazone groups is 1. The Hall–Kier alpha value is -2.40. The van der Waals surface area contributed by atoms with E-state index in [4.69, 9.17) is 16.7 Å². The van der Waals surface area contributed by atoms with Crippen molar-refractivity contribution in [3.63, 3.8) is 0 Å². The Kier molecular flexibility index (Phi) is 4.10. The van der Waals surface area contributed by atoms with Crippen LogP contribution in [0, 0.1) is 0 Å². The number of carboxylic acids is 1. The molecule has 0 fully saturated rings. The maximum Gasteiger partial charge on any atom is 0.337 e. The van der Waals surface area contributed by atoms with Crippen LogP contribution in [0.25, 0.3) is 0 Å². The quantitative estimate of drug-likeness (QED) is 0.665. The van der Waals surface area contributed by atoms with Crippen molar-refractivity contribution in [2.75, 3.05) is 5.43 Å². The zero-order valence-electron chi connectivity index (χ0n) is 9.75. The molecule has 2 N–H and O–H groups in total. The number of carbonyl (C=O) groups is 1. The van der Waals surface area contributed by atoms with E-state index in [2.05, 4.69) is 15.5 Å². The number of carboxylic acid groups (broad SMARTS) is 1. The summed E-state index contributed by atoms with van der Waals surface area (Å²) in [6.07, 6.45) is 4.92. The maximum atomic E-state index is 10.9. The van der Waals surface area contributed by atoms with Crippen molar-refractivity contribution < 1.29 is 9.90 Å². The first-order valence-corrected chi connectivity index (χ1v) is 5.76. The van der Waals surface area contributed by atoms with Gasteiger partial charge in [-0.15, -0.1) is 0 Å². The minimum absolute atomic E-state index is 0.0308. The van der Waals surface area contributed by atoms with E-state index < -0.39 is 5.97 Å². The maximum absolute atomic E-state index is 10.9. The molecule has 0 aliphatic carbocycles. The molecule has 0 saturated heterocycles. The van der Waals surface area contributed by atoms with E-state index in [0.29, 0.717) is 5.69 Å². The van der Waals surface area contributed by atoms with Crippen molar-refractivity contribution in [2.45, 2.75) is 0 Å². The van der Waals surface area contributed by atoms with Gasteiger partial charge in [0.05, 0.1) is 22.5 Å². The lowest BCUT2D eigenvalue weighted by Gasteiger charge is -2.03. The lowest BCUT2D eigenvalue weighted by Crippen LogP contribution is -1.99. The molecule has 6 heteroatoms. The standard InChI is InChI=1S/C13H10ClN3O2/c14-12-4-3-10(6-11(12)13(18)19)17-16-8-9-2-1-5-15-7-9/h1-8,17H,(H,18,19)/b16-8-. The molecule has 1 aromatic carbocycles. The van der Waals surface area contributed by atoms with E-state index >= 15 is 0 Å². The van der Waals surface area contributed by atoms with Gasteiger partial charge in [0.25, 0.3) is 0 Å². The predicted octanol–water partition coefficient (Wildman–Crippen LogP) is 2.88. The highest BCUT2D eigenvalue weighted by Crippen LogP contribution is 2.20. The minimum Gasteiger partial charge on any atom is -0.478 e. The normalized spacial score (nSPS) is 10.6. The van der Waals surface area contributed by atoms with Gasteiger partial charge in [-0.3, -0.25) is 10.4 Å². The lowest BCUT2D eigenvalue weighted by molar-refractivity contribution is 0.0697. The Labute approximate surface area is 114 Å². The first-order chi connectivity index (χ1) is 9.16. The van der Waals surface area contributed by atoms with Gasteiger partial charge in [-0.25, -0.2) is 4.79 Å². The number of nitrogens with zero attached hydrogens (tertiary/aromatic N) is 2. The van der Waals surface area contributed by atoms with E-state index in [1.54, 1.807) is 30.7 Å². The van der Waals surface area contributed by atoms with Gasteiger partial charge in [0.2, 0.25) is 0 Å². The molecule has 2 aromatic rings. The molecule has 0 radical (unpaired) electrons. The molecule has 19 heavy (non-hydrogen) atoms. The third-order valence-electron chi connectivity index (χ3n) is 2.29. The summed E-state index contributed by atoms with van der Waals surface area (Å²) in [6.45, 7) is 0. The average Bonchev–Trinajstić information content (AvgIpc) is 2.41. The molecule has 0 amide bonds. The molecule has 1 heterocycles. The number of nitrogens with one attached hydrogen (secondary N) is 1. The summed E-state index contributed by atoms with van der Waals surface area (Å²) in [4.78, 5) is 14.9. The zero-order chi connectivity index (χ0) is 13.7. The number of hydrogen-bond donors (Lipinski definition) is 2. The predicted molar refractivity (Wildman–Crippen MR) is 73.9 cm³/mol. The van der Waals surface area contributed by atoms with Crippen molar-refractivity contribution in [1.82, 2.24) is 4.98 Å². The second-order valence-electron chi connectivity index (χ2n) is 3.66. The number of aromatic carboxylic acids is 1. The van der Waals surface area contributed by atoms with Gasteiger partial charge < -0.3 is 5.11 Å². The van der Waals surface area contributed by atoms with Crippen molar-refractivity contribution in [2.24, 2.45) is 5.10 Å².